The van der Waals surface area contributed by atoms with Crippen LogP contribution in [0.1, 0.15) is 25.7 Å². The van der Waals surface area contributed by atoms with Crippen LogP contribution in [0.3, 0.4) is 0 Å². The van der Waals surface area contributed by atoms with Gasteiger partial charge in [-0.1, -0.05) is 36.0 Å². The van der Waals surface area contributed by atoms with Crippen molar-refractivity contribution in [1.29, 1.82) is 0 Å². The van der Waals surface area contributed by atoms with E-state index >= 15 is 0 Å². The number of hydrogen-bond acceptors (Lipinski definition) is 3. The van der Waals surface area contributed by atoms with E-state index in [4.69, 9.17) is 23.2 Å². The summed E-state index contributed by atoms with van der Waals surface area (Å²) in [6.45, 7) is 0. The van der Waals surface area contributed by atoms with Crippen molar-refractivity contribution in [3.63, 3.8) is 0 Å². The predicted molar refractivity (Wildman–Crippen MR) is 83.6 cm³/mol. The number of aliphatic hydroxyl groups is 1. The Labute approximate surface area is 133 Å². The Morgan fingerprint density at radius 1 is 1.35 bits per heavy atom. The summed E-state index contributed by atoms with van der Waals surface area (Å²) in [4.78, 5) is 12.7. The van der Waals surface area contributed by atoms with Crippen molar-refractivity contribution < 1.29 is 9.90 Å². The molecule has 2 N–H and O–H groups in total. The molecule has 1 aliphatic carbocycles. The fraction of sp³-hybridized carbons (Fsp3) is 0.500. The van der Waals surface area contributed by atoms with Crippen LogP contribution in [0.5, 0.6) is 0 Å². The predicted octanol–water partition coefficient (Wildman–Crippen LogP) is 3.51. The van der Waals surface area contributed by atoms with Gasteiger partial charge in [0.2, 0.25) is 5.91 Å². The van der Waals surface area contributed by atoms with Crippen LogP contribution in [0.2, 0.25) is 10.0 Å². The maximum atomic E-state index is 11.9. The Morgan fingerprint density at radius 2 is 2.10 bits per heavy atom. The fourth-order valence-electron chi connectivity index (χ4n) is 2.26. The van der Waals surface area contributed by atoms with Crippen molar-refractivity contribution in [3.8, 4) is 0 Å². The van der Waals surface area contributed by atoms with Crippen LogP contribution in [-0.2, 0) is 4.79 Å². The number of halogens is 2. The number of carbonyl (C=O) groups excluding carboxylic acids is 1. The Morgan fingerprint density at radius 3 is 2.85 bits per heavy atom. The average molecular weight is 334 g/mol. The highest BCUT2D eigenvalue weighted by atomic mass is 35.5. The van der Waals surface area contributed by atoms with Gasteiger partial charge in [-0.05, 0) is 31.0 Å². The van der Waals surface area contributed by atoms with Gasteiger partial charge in [0.1, 0.15) is 0 Å². The van der Waals surface area contributed by atoms with Crippen molar-refractivity contribution in [1.82, 2.24) is 5.32 Å². The third kappa shape index (κ3) is 4.55. The molecule has 0 saturated heterocycles. The van der Waals surface area contributed by atoms with Gasteiger partial charge in [-0.15, -0.1) is 11.8 Å². The normalized spacial score (nSPS) is 22.6. The SMILES string of the molecule is O=C(CSc1cc(Cl)ccc1Cl)NC1CCCCC1O. The van der Waals surface area contributed by atoms with Gasteiger partial charge in [0.05, 0.1) is 22.9 Å². The molecule has 1 fully saturated rings. The summed E-state index contributed by atoms with van der Waals surface area (Å²) >= 11 is 13.3. The van der Waals surface area contributed by atoms with Gasteiger partial charge in [-0.3, -0.25) is 4.79 Å². The summed E-state index contributed by atoms with van der Waals surface area (Å²) in [5.41, 5.74) is 0. The van der Waals surface area contributed by atoms with E-state index in [2.05, 4.69) is 5.32 Å². The van der Waals surface area contributed by atoms with Gasteiger partial charge in [0.25, 0.3) is 0 Å². The zero-order valence-electron chi connectivity index (χ0n) is 10.9. The van der Waals surface area contributed by atoms with Crippen LogP contribution in [0.25, 0.3) is 0 Å². The highest BCUT2D eigenvalue weighted by Gasteiger charge is 2.24. The third-order valence-electron chi connectivity index (χ3n) is 3.33. The molecule has 1 saturated carbocycles. The lowest BCUT2D eigenvalue weighted by atomic mass is 9.93. The van der Waals surface area contributed by atoms with E-state index in [1.165, 1.54) is 11.8 Å². The summed E-state index contributed by atoms with van der Waals surface area (Å²) in [7, 11) is 0. The molecule has 2 rings (SSSR count). The minimum absolute atomic E-state index is 0.0861. The Balaban J connectivity index is 1.84. The first-order chi connectivity index (χ1) is 9.56. The van der Waals surface area contributed by atoms with Gasteiger partial charge >= 0.3 is 0 Å². The molecule has 1 aliphatic rings. The van der Waals surface area contributed by atoms with E-state index in [0.717, 1.165) is 30.6 Å². The van der Waals surface area contributed by atoms with E-state index in [0.29, 0.717) is 10.0 Å². The molecule has 3 nitrogen and oxygen atoms in total. The average Bonchev–Trinajstić information content (AvgIpc) is 2.42. The van der Waals surface area contributed by atoms with Crippen molar-refractivity contribution in [2.75, 3.05) is 5.75 Å². The first kappa shape index (κ1) is 16.0. The first-order valence-electron chi connectivity index (χ1n) is 6.61. The third-order valence-corrected chi connectivity index (χ3v) is 5.06. The summed E-state index contributed by atoms with van der Waals surface area (Å²) in [6, 6.07) is 5.06. The molecule has 2 unspecified atom stereocenters. The van der Waals surface area contributed by atoms with Gasteiger partial charge in [-0.25, -0.2) is 0 Å². The number of carbonyl (C=O) groups is 1. The lowest BCUT2D eigenvalue weighted by Crippen LogP contribution is -2.45. The van der Waals surface area contributed by atoms with Gasteiger partial charge in [0.15, 0.2) is 0 Å². The Hall–Kier alpha value is -0.420. The minimum atomic E-state index is -0.424. The second-order valence-corrected chi connectivity index (χ2v) is 6.75. The Kier molecular flexibility index (Phi) is 6.02. The lowest BCUT2D eigenvalue weighted by molar-refractivity contribution is -0.120. The van der Waals surface area contributed by atoms with Crippen LogP contribution < -0.4 is 5.32 Å². The smallest absolute Gasteiger partial charge is 0.230 e. The van der Waals surface area contributed by atoms with Crippen LogP contribution in [-0.4, -0.2) is 28.9 Å². The van der Waals surface area contributed by atoms with Crippen LogP contribution in [0, 0.1) is 0 Å². The van der Waals surface area contributed by atoms with Crippen molar-refractivity contribution in [2.45, 2.75) is 42.7 Å². The highest BCUT2D eigenvalue weighted by Crippen LogP contribution is 2.29. The second kappa shape index (κ2) is 7.55. The molecule has 1 aromatic carbocycles. The van der Waals surface area contributed by atoms with Crippen molar-refractivity contribution in [2.24, 2.45) is 0 Å². The molecule has 6 heteroatoms. The van der Waals surface area contributed by atoms with Crippen molar-refractivity contribution in [3.05, 3.63) is 28.2 Å². The van der Waals surface area contributed by atoms with Gasteiger partial charge in [-0.2, -0.15) is 0 Å². The van der Waals surface area contributed by atoms with Crippen LogP contribution in [0.4, 0.5) is 0 Å². The maximum Gasteiger partial charge on any atom is 0.230 e. The van der Waals surface area contributed by atoms with Crippen molar-refractivity contribution >= 4 is 40.9 Å². The molecular weight excluding hydrogens is 317 g/mol. The molecule has 2 atom stereocenters. The molecule has 1 aromatic rings. The van der Waals surface area contributed by atoms with Gasteiger partial charge < -0.3 is 10.4 Å². The molecule has 0 aliphatic heterocycles. The Bertz CT molecular complexity index is 484. The van der Waals surface area contributed by atoms with Gasteiger partial charge in [0, 0.05) is 9.92 Å². The number of aliphatic hydroxyl groups excluding tert-OH is 1. The minimum Gasteiger partial charge on any atom is -0.391 e. The molecule has 0 spiro atoms. The quantitative estimate of drug-likeness (QED) is 0.829. The van der Waals surface area contributed by atoms with Crippen LogP contribution >= 0.6 is 35.0 Å². The van der Waals surface area contributed by atoms with E-state index in [1.54, 1.807) is 18.2 Å². The monoisotopic (exact) mass is 333 g/mol. The molecule has 0 bridgehead atoms. The highest BCUT2D eigenvalue weighted by molar-refractivity contribution is 8.00. The summed E-state index contributed by atoms with van der Waals surface area (Å²) in [5.74, 6) is 0.181. The topological polar surface area (TPSA) is 49.3 Å². The lowest BCUT2D eigenvalue weighted by Gasteiger charge is -2.28. The van der Waals surface area contributed by atoms with Crippen LogP contribution in [0.15, 0.2) is 23.1 Å². The maximum absolute atomic E-state index is 11.9. The molecule has 20 heavy (non-hydrogen) atoms. The van der Waals surface area contributed by atoms with E-state index in [9.17, 15) is 9.90 Å². The zero-order chi connectivity index (χ0) is 14.5. The molecule has 0 aromatic heterocycles. The summed E-state index contributed by atoms with van der Waals surface area (Å²) in [5, 5.41) is 13.9. The largest absolute Gasteiger partial charge is 0.391 e. The number of thioether (sulfide) groups is 1. The summed E-state index contributed by atoms with van der Waals surface area (Å²) < 4.78 is 0. The molecular formula is C14H17Cl2NO2S. The van der Waals surface area contributed by atoms with E-state index < -0.39 is 6.10 Å². The number of hydrogen-bond donors (Lipinski definition) is 2. The standard InChI is InChI=1S/C14H17Cl2NO2S/c15-9-5-6-10(16)13(7-9)20-8-14(19)17-11-3-1-2-4-12(11)18/h5-7,11-12,18H,1-4,8H2,(H,17,19). The number of nitrogens with one attached hydrogen (secondary N) is 1. The molecule has 1 amide bonds. The molecule has 0 radical (unpaired) electrons. The fourth-order valence-corrected chi connectivity index (χ4v) is 3.56. The molecule has 110 valence electrons. The second-order valence-electron chi connectivity index (χ2n) is 4.89. The summed E-state index contributed by atoms with van der Waals surface area (Å²) in [6.07, 6.45) is 3.26. The molecule has 0 heterocycles. The van der Waals surface area contributed by atoms with E-state index in [1.807, 2.05) is 0 Å². The first-order valence-corrected chi connectivity index (χ1v) is 8.35. The number of rotatable bonds is 4. The van der Waals surface area contributed by atoms with E-state index in [-0.39, 0.29) is 17.7 Å². The number of benzene rings is 1. The number of amides is 1. The zero-order valence-corrected chi connectivity index (χ0v) is 13.3.